The summed E-state index contributed by atoms with van der Waals surface area (Å²) >= 11 is 6.06. The molecule has 1 aliphatic rings. The number of anilines is 2. The lowest BCUT2D eigenvalue weighted by molar-refractivity contribution is -0.136. The first-order valence-corrected chi connectivity index (χ1v) is 9.83. The third-order valence-corrected chi connectivity index (χ3v) is 5.20. The van der Waals surface area contributed by atoms with Gasteiger partial charge in [0.25, 0.3) is 5.91 Å². The van der Waals surface area contributed by atoms with E-state index in [1.807, 2.05) is 72.8 Å². The van der Waals surface area contributed by atoms with Crippen LogP contribution in [-0.4, -0.2) is 17.0 Å². The first-order valence-electron chi connectivity index (χ1n) is 9.45. The van der Waals surface area contributed by atoms with Crippen molar-refractivity contribution in [3.05, 3.63) is 107 Å². The number of rotatable bonds is 6. The van der Waals surface area contributed by atoms with Crippen molar-refractivity contribution in [1.82, 2.24) is 0 Å². The van der Waals surface area contributed by atoms with Crippen LogP contribution in [0, 0.1) is 0 Å². The van der Waals surface area contributed by atoms with Crippen LogP contribution in [-0.2, 0) is 9.59 Å². The first kappa shape index (κ1) is 19.7. The van der Waals surface area contributed by atoms with Crippen LogP contribution in [0.2, 0.25) is 5.02 Å². The summed E-state index contributed by atoms with van der Waals surface area (Å²) in [6.45, 7) is 0. The third kappa shape index (κ3) is 3.93. The standard InChI is InChI=1S/C24H19ClN2O3/c25-17-13-11-16(12-14-17)23-20(15-21(28)29)22(26-18-7-3-1-4-8-18)24(30)27(23)19-9-5-2-6-10-19/h1-14,23,26H,15H2,(H,28,29)/t23-/m1/s1. The summed E-state index contributed by atoms with van der Waals surface area (Å²) < 4.78 is 0. The Labute approximate surface area is 179 Å². The monoisotopic (exact) mass is 418 g/mol. The topological polar surface area (TPSA) is 69.6 Å². The van der Waals surface area contributed by atoms with Gasteiger partial charge in [0.05, 0.1) is 12.5 Å². The van der Waals surface area contributed by atoms with Crippen molar-refractivity contribution in [1.29, 1.82) is 0 Å². The molecule has 30 heavy (non-hydrogen) atoms. The highest BCUT2D eigenvalue weighted by Gasteiger charge is 2.41. The van der Waals surface area contributed by atoms with E-state index >= 15 is 0 Å². The number of amides is 1. The maximum atomic E-state index is 13.5. The zero-order valence-electron chi connectivity index (χ0n) is 16.0. The Hall–Kier alpha value is -3.57. The van der Waals surface area contributed by atoms with Crippen LogP contribution in [0.4, 0.5) is 11.4 Å². The summed E-state index contributed by atoms with van der Waals surface area (Å²) in [4.78, 5) is 26.9. The molecule has 4 rings (SSSR count). The predicted molar refractivity (Wildman–Crippen MR) is 117 cm³/mol. The minimum absolute atomic E-state index is 0.266. The van der Waals surface area contributed by atoms with E-state index in [-0.39, 0.29) is 18.0 Å². The number of carbonyl (C=O) groups excluding carboxylic acids is 1. The SMILES string of the molecule is O=C(O)CC1=C(Nc2ccccc2)C(=O)N(c2ccccc2)[C@@H]1c1ccc(Cl)cc1. The van der Waals surface area contributed by atoms with E-state index in [9.17, 15) is 14.7 Å². The van der Waals surface area contributed by atoms with Crippen molar-refractivity contribution in [2.75, 3.05) is 10.2 Å². The molecule has 1 atom stereocenters. The molecule has 0 spiro atoms. The fourth-order valence-corrected chi connectivity index (χ4v) is 3.79. The van der Waals surface area contributed by atoms with Crippen LogP contribution in [0.1, 0.15) is 18.0 Å². The number of halogens is 1. The molecule has 1 heterocycles. The fraction of sp³-hybridized carbons (Fsp3) is 0.0833. The summed E-state index contributed by atoms with van der Waals surface area (Å²) in [6.07, 6.45) is -0.266. The average molecular weight is 419 g/mol. The van der Waals surface area contributed by atoms with Gasteiger partial charge in [-0.15, -0.1) is 0 Å². The Bertz CT molecular complexity index is 1100. The second kappa shape index (κ2) is 8.43. The number of para-hydroxylation sites is 2. The molecule has 1 aliphatic heterocycles. The first-order chi connectivity index (χ1) is 14.5. The molecule has 0 radical (unpaired) electrons. The van der Waals surface area contributed by atoms with Gasteiger partial charge >= 0.3 is 5.97 Å². The second-order valence-corrected chi connectivity index (χ2v) is 7.36. The van der Waals surface area contributed by atoms with Crippen LogP contribution in [0.25, 0.3) is 0 Å². The van der Waals surface area contributed by atoms with Crippen LogP contribution in [0.3, 0.4) is 0 Å². The minimum Gasteiger partial charge on any atom is -0.481 e. The van der Waals surface area contributed by atoms with Gasteiger partial charge in [-0.05, 0) is 47.5 Å². The number of hydrogen-bond donors (Lipinski definition) is 2. The molecule has 0 saturated heterocycles. The van der Waals surface area contributed by atoms with Gasteiger partial charge in [-0.1, -0.05) is 60.1 Å². The molecule has 0 bridgehead atoms. The van der Waals surface area contributed by atoms with Gasteiger partial charge in [0.15, 0.2) is 0 Å². The fourth-order valence-electron chi connectivity index (χ4n) is 3.67. The quantitative estimate of drug-likeness (QED) is 0.572. The van der Waals surface area contributed by atoms with Crippen molar-refractivity contribution in [3.63, 3.8) is 0 Å². The normalized spacial score (nSPS) is 16.1. The highest BCUT2D eigenvalue weighted by molar-refractivity contribution is 6.30. The van der Waals surface area contributed by atoms with Gasteiger partial charge in [-0.25, -0.2) is 0 Å². The molecular formula is C24H19ClN2O3. The largest absolute Gasteiger partial charge is 0.481 e. The Morgan fingerprint density at radius 1 is 0.933 bits per heavy atom. The predicted octanol–water partition coefficient (Wildman–Crippen LogP) is 5.27. The van der Waals surface area contributed by atoms with Crippen LogP contribution >= 0.6 is 11.6 Å². The summed E-state index contributed by atoms with van der Waals surface area (Å²) in [5, 5.41) is 13.3. The van der Waals surface area contributed by atoms with Crippen molar-refractivity contribution < 1.29 is 14.7 Å². The number of aliphatic carboxylic acids is 1. The average Bonchev–Trinajstić information content (AvgIpc) is 3.01. The van der Waals surface area contributed by atoms with Crippen LogP contribution < -0.4 is 10.2 Å². The Kier molecular flexibility index (Phi) is 5.55. The summed E-state index contributed by atoms with van der Waals surface area (Å²) in [5.74, 6) is -1.28. The van der Waals surface area contributed by atoms with Gasteiger partial charge in [0.2, 0.25) is 0 Å². The maximum absolute atomic E-state index is 13.5. The van der Waals surface area contributed by atoms with Crippen molar-refractivity contribution in [3.8, 4) is 0 Å². The zero-order valence-corrected chi connectivity index (χ0v) is 16.7. The molecule has 0 unspecified atom stereocenters. The molecule has 0 aliphatic carbocycles. The molecule has 6 heteroatoms. The number of carbonyl (C=O) groups is 2. The van der Waals surface area contributed by atoms with Gasteiger partial charge in [0, 0.05) is 16.4 Å². The Morgan fingerprint density at radius 3 is 2.13 bits per heavy atom. The van der Waals surface area contributed by atoms with Gasteiger partial charge in [0.1, 0.15) is 5.70 Å². The zero-order chi connectivity index (χ0) is 21.1. The molecular weight excluding hydrogens is 400 g/mol. The van der Waals surface area contributed by atoms with E-state index < -0.39 is 12.0 Å². The summed E-state index contributed by atoms with van der Waals surface area (Å²) in [6, 6.07) is 25.1. The van der Waals surface area contributed by atoms with Crippen molar-refractivity contribution in [2.45, 2.75) is 12.5 Å². The van der Waals surface area contributed by atoms with E-state index in [4.69, 9.17) is 11.6 Å². The molecule has 2 N–H and O–H groups in total. The van der Waals surface area contributed by atoms with E-state index in [1.54, 1.807) is 17.0 Å². The van der Waals surface area contributed by atoms with Crippen molar-refractivity contribution in [2.24, 2.45) is 0 Å². The maximum Gasteiger partial charge on any atom is 0.307 e. The van der Waals surface area contributed by atoms with Crippen molar-refractivity contribution >= 4 is 34.9 Å². The van der Waals surface area contributed by atoms with Crippen LogP contribution in [0.5, 0.6) is 0 Å². The van der Waals surface area contributed by atoms with E-state index in [0.29, 0.717) is 22.0 Å². The van der Waals surface area contributed by atoms with Gasteiger partial charge in [-0.2, -0.15) is 0 Å². The van der Waals surface area contributed by atoms with Gasteiger partial charge in [-0.3, -0.25) is 14.5 Å². The lowest BCUT2D eigenvalue weighted by atomic mass is 9.96. The number of nitrogens with zero attached hydrogens (tertiary/aromatic N) is 1. The number of carboxylic acids is 1. The minimum atomic E-state index is -1.00. The lowest BCUT2D eigenvalue weighted by Crippen LogP contribution is -2.31. The molecule has 0 fully saturated rings. The summed E-state index contributed by atoms with van der Waals surface area (Å²) in [7, 11) is 0. The number of benzene rings is 3. The highest BCUT2D eigenvalue weighted by Crippen LogP contribution is 2.43. The lowest BCUT2D eigenvalue weighted by Gasteiger charge is -2.27. The Balaban J connectivity index is 1.87. The van der Waals surface area contributed by atoms with E-state index in [2.05, 4.69) is 5.32 Å². The number of nitrogens with one attached hydrogen (secondary N) is 1. The van der Waals surface area contributed by atoms with Gasteiger partial charge < -0.3 is 10.4 Å². The Morgan fingerprint density at radius 2 is 1.53 bits per heavy atom. The summed E-state index contributed by atoms with van der Waals surface area (Å²) in [5.41, 5.74) is 2.98. The number of carboxylic acid groups (broad SMARTS) is 1. The molecule has 0 aromatic heterocycles. The third-order valence-electron chi connectivity index (χ3n) is 4.95. The molecule has 5 nitrogen and oxygen atoms in total. The molecule has 3 aromatic carbocycles. The van der Waals surface area contributed by atoms with Crippen LogP contribution in [0.15, 0.2) is 96.2 Å². The molecule has 3 aromatic rings. The smallest absolute Gasteiger partial charge is 0.307 e. The van der Waals surface area contributed by atoms with E-state index in [1.165, 1.54) is 0 Å². The molecule has 0 saturated carbocycles. The number of hydrogen-bond acceptors (Lipinski definition) is 3. The second-order valence-electron chi connectivity index (χ2n) is 6.93. The molecule has 1 amide bonds. The van der Waals surface area contributed by atoms with E-state index in [0.717, 1.165) is 5.56 Å². The highest BCUT2D eigenvalue weighted by atomic mass is 35.5. The molecule has 150 valence electrons.